The molecule has 0 saturated carbocycles. The van der Waals surface area contributed by atoms with E-state index in [4.69, 9.17) is 4.52 Å². The quantitative estimate of drug-likeness (QED) is 0.868. The molecule has 4 heterocycles. The minimum atomic E-state index is 0.0656. The number of carbonyl (C=O) groups excluding carboxylic acids is 1. The molecule has 0 atom stereocenters. The van der Waals surface area contributed by atoms with E-state index in [9.17, 15) is 4.79 Å². The average molecular weight is 300 g/mol. The zero-order valence-corrected chi connectivity index (χ0v) is 12.8. The average Bonchev–Trinajstić information content (AvgIpc) is 3.15. The number of nitrogens with one attached hydrogen (secondary N) is 1. The molecule has 2 fully saturated rings. The van der Waals surface area contributed by atoms with E-state index in [1.54, 1.807) is 6.20 Å². The number of carbonyl (C=O) groups is 1. The van der Waals surface area contributed by atoms with E-state index in [-0.39, 0.29) is 5.91 Å². The molecular formula is C16H20N4O2. The van der Waals surface area contributed by atoms with Gasteiger partial charge >= 0.3 is 0 Å². The molecule has 6 heteroatoms. The SMILES string of the molecule is Cc1noc2ncc(C(=O)N3CCC4(CCNC4)CC3)cc12. The van der Waals surface area contributed by atoms with Crippen LogP contribution in [0.25, 0.3) is 11.1 Å². The van der Waals surface area contributed by atoms with Gasteiger partial charge in [-0.25, -0.2) is 4.98 Å². The minimum Gasteiger partial charge on any atom is -0.339 e. The highest BCUT2D eigenvalue weighted by Crippen LogP contribution is 2.37. The molecule has 1 N–H and O–H groups in total. The number of piperidine rings is 1. The maximum absolute atomic E-state index is 12.7. The fraction of sp³-hybridized carbons (Fsp3) is 0.562. The van der Waals surface area contributed by atoms with Gasteiger partial charge in [-0.1, -0.05) is 5.16 Å². The predicted molar refractivity (Wildman–Crippen MR) is 81.6 cm³/mol. The highest BCUT2D eigenvalue weighted by molar-refractivity contribution is 5.97. The summed E-state index contributed by atoms with van der Waals surface area (Å²) in [5.41, 5.74) is 2.30. The van der Waals surface area contributed by atoms with Crippen LogP contribution in [0.4, 0.5) is 0 Å². The van der Waals surface area contributed by atoms with Gasteiger partial charge in [0.1, 0.15) is 0 Å². The highest BCUT2D eigenvalue weighted by atomic mass is 16.5. The second-order valence-corrected chi connectivity index (χ2v) is 6.56. The Labute approximate surface area is 128 Å². The van der Waals surface area contributed by atoms with Gasteiger partial charge in [0.2, 0.25) is 0 Å². The molecule has 2 aromatic heterocycles. The first-order valence-electron chi connectivity index (χ1n) is 7.89. The Morgan fingerprint density at radius 2 is 2.18 bits per heavy atom. The minimum absolute atomic E-state index is 0.0656. The van der Waals surface area contributed by atoms with Crippen LogP contribution in [-0.4, -0.2) is 47.1 Å². The summed E-state index contributed by atoms with van der Waals surface area (Å²) in [5, 5.41) is 8.16. The third-order valence-electron chi connectivity index (χ3n) is 5.20. The molecule has 2 saturated heterocycles. The van der Waals surface area contributed by atoms with Gasteiger partial charge in [0.15, 0.2) is 0 Å². The van der Waals surface area contributed by atoms with Crippen LogP contribution in [0.1, 0.15) is 35.3 Å². The largest absolute Gasteiger partial charge is 0.339 e. The maximum atomic E-state index is 12.7. The lowest BCUT2D eigenvalue weighted by atomic mass is 9.78. The van der Waals surface area contributed by atoms with Gasteiger partial charge < -0.3 is 14.7 Å². The van der Waals surface area contributed by atoms with Crippen molar-refractivity contribution in [3.05, 3.63) is 23.5 Å². The van der Waals surface area contributed by atoms with Crippen molar-refractivity contribution >= 4 is 17.0 Å². The lowest BCUT2D eigenvalue weighted by Crippen LogP contribution is -2.44. The summed E-state index contributed by atoms with van der Waals surface area (Å²) in [6.45, 7) is 5.74. The molecule has 0 unspecified atom stereocenters. The maximum Gasteiger partial charge on any atom is 0.257 e. The smallest absolute Gasteiger partial charge is 0.257 e. The Morgan fingerprint density at radius 3 is 2.91 bits per heavy atom. The Hall–Kier alpha value is -1.95. The van der Waals surface area contributed by atoms with E-state index in [2.05, 4.69) is 15.5 Å². The van der Waals surface area contributed by atoms with Gasteiger partial charge in [-0.15, -0.1) is 0 Å². The number of pyridine rings is 1. The second kappa shape index (κ2) is 5.05. The van der Waals surface area contributed by atoms with Crippen molar-refractivity contribution < 1.29 is 9.32 Å². The van der Waals surface area contributed by atoms with Crippen LogP contribution in [0.3, 0.4) is 0 Å². The van der Waals surface area contributed by atoms with Crippen molar-refractivity contribution in [2.45, 2.75) is 26.2 Å². The monoisotopic (exact) mass is 300 g/mol. The van der Waals surface area contributed by atoms with Crippen LogP contribution in [0, 0.1) is 12.3 Å². The van der Waals surface area contributed by atoms with Crippen molar-refractivity contribution in [2.24, 2.45) is 5.41 Å². The molecule has 1 amide bonds. The summed E-state index contributed by atoms with van der Waals surface area (Å²) in [4.78, 5) is 18.9. The van der Waals surface area contributed by atoms with Crippen LogP contribution >= 0.6 is 0 Å². The zero-order valence-electron chi connectivity index (χ0n) is 12.8. The van der Waals surface area contributed by atoms with Crippen molar-refractivity contribution in [3.63, 3.8) is 0 Å². The van der Waals surface area contributed by atoms with E-state index in [0.717, 1.165) is 50.1 Å². The first-order valence-corrected chi connectivity index (χ1v) is 7.89. The van der Waals surface area contributed by atoms with Crippen LogP contribution < -0.4 is 5.32 Å². The van der Waals surface area contributed by atoms with Gasteiger partial charge in [-0.2, -0.15) is 0 Å². The van der Waals surface area contributed by atoms with E-state index in [1.807, 2.05) is 17.9 Å². The zero-order chi connectivity index (χ0) is 15.2. The fourth-order valence-corrected chi connectivity index (χ4v) is 3.65. The van der Waals surface area contributed by atoms with Crippen LogP contribution in [0.5, 0.6) is 0 Å². The molecule has 116 valence electrons. The summed E-state index contributed by atoms with van der Waals surface area (Å²) in [6, 6.07) is 1.85. The molecule has 0 radical (unpaired) electrons. The Morgan fingerprint density at radius 1 is 1.36 bits per heavy atom. The van der Waals surface area contributed by atoms with E-state index in [1.165, 1.54) is 6.42 Å². The molecule has 1 spiro atoms. The number of amides is 1. The highest BCUT2D eigenvalue weighted by Gasteiger charge is 2.38. The van der Waals surface area contributed by atoms with Gasteiger partial charge in [0.25, 0.3) is 11.6 Å². The predicted octanol–water partition coefficient (Wildman–Crippen LogP) is 1.75. The van der Waals surface area contributed by atoms with E-state index in [0.29, 0.717) is 16.7 Å². The summed E-state index contributed by atoms with van der Waals surface area (Å²) in [7, 11) is 0. The fourth-order valence-electron chi connectivity index (χ4n) is 3.65. The molecule has 0 aromatic carbocycles. The normalized spacial score (nSPS) is 20.9. The molecule has 0 aliphatic carbocycles. The summed E-state index contributed by atoms with van der Waals surface area (Å²) in [5.74, 6) is 0.0656. The number of aryl methyl sites for hydroxylation is 1. The first-order chi connectivity index (χ1) is 10.7. The lowest BCUT2D eigenvalue weighted by Gasteiger charge is -2.38. The molecule has 4 rings (SSSR count). The number of likely N-dealkylation sites (tertiary alicyclic amines) is 1. The van der Waals surface area contributed by atoms with Crippen LogP contribution in [-0.2, 0) is 0 Å². The molecule has 2 aliphatic rings. The third-order valence-corrected chi connectivity index (χ3v) is 5.20. The summed E-state index contributed by atoms with van der Waals surface area (Å²) in [6.07, 6.45) is 5.01. The number of rotatable bonds is 1. The molecule has 2 aromatic rings. The molecule has 6 nitrogen and oxygen atoms in total. The van der Waals surface area contributed by atoms with Crippen molar-refractivity contribution in [2.75, 3.05) is 26.2 Å². The number of nitrogens with zero attached hydrogens (tertiary/aromatic N) is 3. The van der Waals surface area contributed by atoms with Gasteiger partial charge in [0, 0.05) is 25.8 Å². The standard InChI is InChI=1S/C16H20N4O2/c1-11-13-8-12(9-18-14(13)22-19-11)15(21)20-6-3-16(4-7-20)2-5-17-10-16/h8-9,17H,2-7,10H2,1H3. The second-order valence-electron chi connectivity index (χ2n) is 6.56. The first kappa shape index (κ1) is 13.7. The topological polar surface area (TPSA) is 71.3 Å². The van der Waals surface area contributed by atoms with Crippen LogP contribution in [0.15, 0.2) is 16.8 Å². The lowest BCUT2D eigenvalue weighted by molar-refractivity contribution is 0.0607. The molecule has 0 bridgehead atoms. The van der Waals surface area contributed by atoms with E-state index < -0.39 is 0 Å². The van der Waals surface area contributed by atoms with Gasteiger partial charge in [0.05, 0.1) is 16.6 Å². The number of hydrogen-bond acceptors (Lipinski definition) is 5. The molecule has 22 heavy (non-hydrogen) atoms. The summed E-state index contributed by atoms with van der Waals surface area (Å²) < 4.78 is 5.10. The Kier molecular flexibility index (Phi) is 3.14. The number of fused-ring (bicyclic) bond motifs is 1. The number of aromatic nitrogens is 2. The van der Waals surface area contributed by atoms with Gasteiger partial charge in [-0.3, -0.25) is 4.79 Å². The number of hydrogen-bond donors (Lipinski definition) is 1. The summed E-state index contributed by atoms with van der Waals surface area (Å²) >= 11 is 0. The molecular weight excluding hydrogens is 280 g/mol. The van der Waals surface area contributed by atoms with Crippen molar-refractivity contribution in [1.29, 1.82) is 0 Å². The van der Waals surface area contributed by atoms with Crippen molar-refractivity contribution in [1.82, 2.24) is 20.4 Å². The third kappa shape index (κ3) is 2.18. The van der Waals surface area contributed by atoms with Gasteiger partial charge in [-0.05, 0) is 44.2 Å². The van der Waals surface area contributed by atoms with E-state index >= 15 is 0 Å². The molecule has 2 aliphatic heterocycles. The Bertz CT molecular complexity index is 708. The van der Waals surface area contributed by atoms with Crippen LogP contribution in [0.2, 0.25) is 0 Å². The Balaban J connectivity index is 1.52. The van der Waals surface area contributed by atoms with Crippen molar-refractivity contribution in [3.8, 4) is 0 Å².